The fourth-order valence-electron chi connectivity index (χ4n) is 3.41. The van der Waals surface area contributed by atoms with E-state index in [0.717, 1.165) is 5.39 Å². The molecule has 0 bridgehead atoms. The number of piperidine rings is 1. The van der Waals surface area contributed by atoms with Gasteiger partial charge in [0, 0.05) is 56.3 Å². The van der Waals surface area contributed by atoms with E-state index in [1.54, 1.807) is 29.0 Å². The standard InChI is InChI=1S/C19H18F2N4O3/c20-19(21)4-7-24(8-5-19)17(26)13-9-12-3-6-25(16(12)23-10-13)14-1-2-15(18(27)28)22-11-14/h1,3,6,9-11,15H,2,4-5,7-8H2,(H,27,28). The molecule has 4 heterocycles. The van der Waals surface area contributed by atoms with Gasteiger partial charge in [0.25, 0.3) is 11.8 Å². The molecule has 0 aromatic carbocycles. The molecule has 0 radical (unpaired) electrons. The number of hydrogen-bond donors (Lipinski definition) is 1. The van der Waals surface area contributed by atoms with Crippen molar-refractivity contribution in [1.29, 1.82) is 0 Å². The van der Waals surface area contributed by atoms with Gasteiger partial charge in [0.1, 0.15) is 5.65 Å². The number of likely N-dealkylation sites (tertiary alicyclic amines) is 1. The first-order chi connectivity index (χ1) is 13.3. The monoisotopic (exact) mass is 388 g/mol. The van der Waals surface area contributed by atoms with Gasteiger partial charge in [0.05, 0.1) is 11.3 Å². The molecule has 7 nitrogen and oxygen atoms in total. The summed E-state index contributed by atoms with van der Waals surface area (Å²) in [5.74, 6) is -3.98. The van der Waals surface area contributed by atoms with Crippen molar-refractivity contribution < 1.29 is 23.5 Å². The summed E-state index contributed by atoms with van der Waals surface area (Å²) >= 11 is 0. The molecule has 1 N–H and O–H groups in total. The van der Waals surface area contributed by atoms with E-state index >= 15 is 0 Å². The lowest BCUT2D eigenvalue weighted by Gasteiger charge is -2.31. The van der Waals surface area contributed by atoms with E-state index in [1.807, 2.05) is 0 Å². The van der Waals surface area contributed by atoms with Crippen LogP contribution in [0.1, 0.15) is 29.6 Å². The van der Waals surface area contributed by atoms with Gasteiger partial charge in [-0.25, -0.2) is 18.6 Å². The van der Waals surface area contributed by atoms with E-state index in [0.29, 0.717) is 16.9 Å². The molecule has 1 fully saturated rings. The largest absolute Gasteiger partial charge is 0.480 e. The summed E-state index contributed by atoms with van der Waals surface area (Å²) in [7, 11) is 0. The van der Waals surface area contributed by atoms with Crippen molar-refractivity contribution in [1.82, 2.24) is 14.5 Å². The lowest BCUT2D eigenvalue weighted by Crippen LogP contribution is -2.42. The van der Waals surface area contributed by atoms with Crippen LogP contribution in [0.25, 0.3) is 16.7 Å². The van der Waals surface area contributed by atoms with E-state index in [2.05, 4.69) is 9.98 Å². The number of alkyl halides is 2. The number of aromatic nitrogens is 2. The highest BCUT2D eigenvalue weighted by Crippen LogP contribution is 2.29. The van der Waals surface area contributed by atoms with Crippen LogP contribution < -0.4 is 0 Å². The molecule has 28 heavy (non-hydrogen) atoms. The van der Waals surface area contributed by atoms with Gasteiger partial charge in [-0.3, -0.25) is 9.79 Å². The molecule has 1 atom stereocenters. The average molecular weight is 388 g/mol. The number of amides is 1. The van der Waals surface area contributed by atoms with E-state index in [9.17, 15) is 18.4 Å². The van der Waals surface area contributed by atoms with Gasteiger partial charge in [-0.15, -0.1) is 0 Å². The maximum absolute atomic E-state index is 13.3. The number of dihydropyridines is 1. The second-order valence-electron chi connectivity index (χ2n) is 6.97. The number of carbonyl (C=O) groups excluding carboxylic acids is 1. The Labute approximate surface area is 159 Å². The SMILES string of the molecule is O=C(O)C1CC=C(n2ccc3cc(C(=O)N4CCC(F)(F)CC4)cnc32)C=N1. The minimum Gasteiger partial charge on any atom is -0.480 e. The molecule has 2 aromatic rings. The summed E-state index contributed by atoms with van der Waals surface area (Å²) in [5.41, 5.74) is 1.67. The third-order valence-corrected chi connectivity index (χ3v) is 5.06. The topological polar surface area (TPSA) is 87.8 Å². The highest BCUT2D eigenvalue weighted by Gasteiger charge is 2.35. The number of aliphatic imine (C=N–C) groups is 1. The predicted molar refractivity (Wildman–Crippen MR) is 98.6 cm³/mol. The smallest absolute Gasteiger partial charge is 0.328 e. The molecule has 2 aliphatic heterocycles. The third kappa shape index (κ3) is 3.39. The van der Waals surface area contributed by atoms with Crippen LogP contribution in [0.2, 0.25) is 0 Å². The average Bonchev–Trinajstić information content (AvgIpc) is 3.10. The maximum Gasteiger partial charge on any atom is 0.328 e. The number of aliphatic carboxylic acids is 1. The van der Waals surface area contributed by atoms with Crippen molar-refractivity contribution in [3.63, 3.8) is 0 Å². The molecule has 1 amide bonds. The number of carbonyl (C=O) groups is 2. The number of hydrogen-bond acceptors (Lipinski definition) is 4. The fourth-order valence-corrected chi connectivity index (χ4v) is 3.41. The number of fused-ring (bicyclic) bond motifs is 1. The Kier molecular flexibility index (Phi) is 4.44. The minimum absolute atomic E-state index is 0.0268. The molecular weight excluding hydrogens is 370 g/mol. The first-order valence-electron chi connectivity index (χ1n) is 8.95. The molecule has 1 unspecified atom stereocenters. The highest BCUT2D eigenvalue weighted by molar-refractivity contribution is 6.07. The Morgan fingerprint density at radius 3 is 2.64 bits per heavy atom. The van der Waals surface area contributed by atoms with E-state index in [-0.39, 0.29) is 38.3 Å². The fraction of sp³-hybridized carbons (Fsp3) is 0.368. The number of allylic oxidation sites excluding steroid dienone is 1. The van der Waals surface area contributed by atoms with E-state index in [1.165, 1.54) is 17.3 Å². The van der Waals surface area contributed by atoms with Gasteiger partial charge in [0.2, 0.25) is 0 Å². The predicted octanol–water partition coefficient (Wildman–Crippen LogP) is 2.68. The zero-order chi connectivity index (χ0) is 19.9. The van der Waals surface area contributed by atoms with Crippen molar-refractivity contribution in [2.45, 2.75) is 31.2 Å². The van der Waals surface area contributed by atoms with E-state index < -0.39 is 17.9 Å². The van der Waals surface area contributed by atoms with Crippen molar-refractivity contribution in [3.05, 3.63) is 36.2 Å². The summed E-state index contributed by atoms with van der Waals surface area (Å²) in [4.78, 5) is 33.4. The quantitative estimate of drug-likeness (QED) is 0.876. The van der Waals surface area contributed by atoms with Gasteiger partial charge in [-0.1, -0.05) is 6.08 Å². The van der Waals surface area contributed by atoms with Crippen molar-refractivity contribution in [2.24, 2.45) is 4.99 Å². The molecule has 4 rings (SSSR count). The van der Waals surface area contributed by atoms with Crippen LogP contribution in [0.3, 0.4) is 0 Å². The summed E-state index contributed by atoms with van der Waals surface area (Å²) in [6, 6.07) is 2.70. The van der Waals surface area contributed by atoms with Crippen LogP contribution in [-0.2, 0) is 4.79 Å². The lowest BCUT2D eigenvalue weighted by molar-refractivity contribution is -0.138. The highest BCUT2D eigenvalue weighted by atomic mass is 19.3. The van der Waals surface area contributed by atoms with Crippen LogP contribution in [-0.4, -0.2) is 62.7 Å². The second kappa shape index (κ2) is 6.81. The normalized spacial score (nSPS) is 21.6. The number of halogens is 2. The summed E-state index contributed by atoms with van der Waals surface area (Å²) in [6.07, 6.45) is 6.12. The molecule has 2 aromatic heterocycles. The van der Waals surface area contributed by atoms with Crippen LogP contribution >= 0.6 is 0 Å². The molecule has 2 aliphatic rings. The Morgan fingerprint density at radius 1 is 1.25 bits per heavy atom. The zero-order valence-electron chi connectivity index (χ0n) is 14.9. The van der Waals surface area contributed by atoms with E-state index in [4.69, 9.17) is 5.11 Å². The van der Waals surface area contributed by atoms with Gasteiger partial charge in [-0.05, 0) is 12.1 Å². The van der Waals surface area contributed by atoms with Crippen molar-refractivity contribution in [3.8, 4) is 0 Å². The van der Waals surface area contributed by atoms with Gasteiger partial charge in [0.15, 0.2) is 6.04 Å². The first-order valence-corrected chi connectivity index (χ1v) is 8.95. The van der Waals surface area contributed by atoms with Gasteiger partial charge < -0.3 is 14.6 Å². The minimum atomic E-state index is -2.70. The molecule has 0 aliphatic carbocycles. The number of pyridine rings is 1. The number of nitrogens with zero attached hydrogens (tertiary/aromatic N) is 4. The summed E-state index contributed by atoms with van der Waals surface area (Å²) in [6.45, 7) is 0.0535. The molecule has 146 valence electrons. The maximum atomic E-state index is 13.3. The summed E-state index contributed by atoms with van der Waals surface area (Å²) < 4.78 is 28.4. The number of carboxylic acid groups (broad SMARTS) is 1. The van der Waals surface area contributed by atoms with Gasteiger partial charge in [-0.2, -0.15) is 0 Å². The molecular formula is C19H18F2N4O3. The summed E-state index contributed by atoms with van der Waals surface area (Å²) in [5, 5.41) is 9.73. The molecule has 1 saturated heterocycles. The number of rotatable bonds is 3. The second-order valence-corrected chi connectivity index (χ2v) is 6.97. The molecule has 0 saturated carbocycles. The Hall–Kier alpha value is -3.10. The van der Waals surface area contributed by atoms with Crippen LogP contribution in [0.5, 0.6) is 0 Å². The molecule has 0 spiro atoms. The number of carboxylic acids is 1. The zero-order valence-corrected chi connectivity index (χ0v) is 14.9. The third-order valence-electron chi connectivity index (χ3n) is 5.06. The Balaban J connectivity index is 1.55. The van der Waals surface area contributed by atoms with Crippen molar-refractivity contribution >= 4 is 34.8 Å². The first kappa shape index (κ1) is 18.3. The van der Waals surface area contributed by atoms with Gasteiger partial charge >= 0.3 is 5.97 Å². The van der Waals surface area contributed by atoms with Crippen LogP contribution in [0.4, 0.5) is 8.78 Å². The Morgan fingerprint density at radius 2 is 2.00 bits per heavy atom. The van der Waals surface area contributed by atoms with Crippen molar-refractivity contribution in [2.75, 3.05) is 13.1 Å². The molecule has 9 heteroatoms. The Bertz CT molecular complexity index is 1000. The lowest BCUT2D eigenvalue weighted by atomic mass is 10.1. The van der Waals surface area contributed by atoms with Crippen LogP contribution in [0.15, 0.2) is 35.6 Å². The van der Waals surface area contributed by atoms with Crippen LogP contribution in [0, 0.1) is 0 Å².